The van der Waals surface area contributed by atoms with E-state index in [9.17, 15) is 0 Å². The van der Waals surface area contributed by atoms with Crippen LogP contribution in [0.25, 0.3) is 0 Å². The average molecular weight is 278 g/mol. The van der Waals surface area contributed by atoms with E-state index in [1.165, 1.54) is 30.5 Å². The Kier molecular flexibility index (Phi) is 4.69. The van der Waals surface area contributed by atoms with Crippen molar-refractivity contribution in [2.75, 3.05) is 18.5 Å². The fraction of sp³-hybridized carbons (Fsp3) is 0.643. The third-order valence-corrected chi connectivity index (χ3v) is 4.15. The van der Waals surface area contributed by atoms with Crippen LogP contribution in [0.4, 0.5) is 5.82 Å². The molecule has 0 aliphatic heterocycles. The first-order chi connectivity index (χ1) is 9.09. The number of hydrogen-bond acceptors (Lipinski definition) is 4. The summed E-state index contributed by atoms with van der Waals surface area (Å²) < 4.78 is 0. The smallest absolute Gasteiger partial charge is 0.135 e. The van der Waals surface area contributed by atoms with Gasteiger partial charge in [0.2, 0.25) is 0 Å². The molecule has 0 radical (unpaired) electrons. The predicted molar refractivity (Wildman–Crippen MR) is 82.5 cm³/mol. The molecule has 0 aromatic carbocycles. The van der Waals surface area contributed by atoms with Crippen molar-refractivity contribution < 1.29 is 0 Å². The third kappa shape index (κ3) is 3.41. The zero-order chi connectivity index (χ0) is 13.8. The Labute approximate surface area is 120 Å². The lowest BCUT2D eigenvalue weighted by Crippen LogP contribution is -2.32. The molecule has 104 valence electrons. The zero-order valence-electron chi connectivity index (χ0n) is 11.7. The van der Waals surface area contributed by atoms with E-state index >= 15 is 0 Å². The SMILES string of the molecule is CC(CN(C)c1ncnc2c1CCCCC2)C(N)=S. The summed E-state index contributed by atoms with van der Waals surface area (Å²) >= 11 is 5.05. The molecule has 0 bridgehead atoms. The Balaban J connectivity index is 2.22. The van der Waals surface area contributed by atoms with Crippen LogP contribution >= 0.6 is 12.2 Å². The summed E-state index contributed by atoms with van der Waals surface area (Å²) in [6.07, 6.45) is 7.58. The maximum atomic E-state index is 5.70. The quantitative estimate of drug-likeness (QED) is 0.675. The highest BCUT2D eigenvalue weighted by atomic mass is 32.1. The van der Waals surface area contributed by atoms with E-state index in [-0.39, 0.29) is 5.92 Å². The van der Waals surface area contributed by atoms with Crippen LogP contribution < -0.4 is 10.6 Å². The van der Waals surface area contributed by atoms with E-state index in [1.54, 1.807) is 6.33 Å². The van der Waals surface area contributed by atoms with Crippen molar-refractivity contribution in [3.63, 3.8) is 0 Å². The van der Waals surface area contributed by atoms with Gasteiger partial charge in [0.15, 0.2) is 0 Å². The molecule has 1 atom stereocenters. The minimum Gasteiger partial charge on any atom is -0.393 e. The maximum Gasteiger partial charge on any atom is 0.135 e. The van der Waals surface area contributed by atoms with Crippen molar-refractivity contribution in [2.24, 2.45) is 11.7 Å². The third-order valence-electron chi connectivity index (χ3n) is 3.75. The van der Waals surface area contributed by atoms with Crippen molar-refractivity contribution in [3.05, 3.63) is 17.6 Å². The molecular weight excluding hydrogens is 256 g/mol. The molecule has 2 N–H and O–H groups in total. The first-order valence-electron chi connectivity index (χ1n) is 6.92. The molecule has 2 rings (SSSR count). The second-order valence-corrected chi connectivity index (χ2v) is 5.84. The van der Waals surface area contributed by atoms with Crippen LogP contribution in [-0.2, 0) is 12.8 Å². The fourth-order valence-corrected chi connectivity index (χ4v) is 2.67. The number of nitrogens with zero attached hydrogens (tertiary/aromatic N) is 3. The van der Waals surface area contributed by atoms with Crippen LogP contribution in [0.2, 0.25) is 0 Å². The zero-order valence-corrected chi connectivity index (χ0v) is 12.5. The second-order valence-electron chi connectivity index (χ2n) is 5.37. The van der Waals surface area contributed by atoms with Gasteiger partial charge in [-0.25, -0.2) is 9.97 Å². The van der Waals surface area contributed by atoms with E-state index in [2.05, 4.69) is 28.8 Å². The van der Waals surface area contributed by atoms with E-state index in [1.807, 2.05) is 0 Å². The normalized spacial score (nSPS) is 16.3. The number of anilines is 1. The minimum atomic E-state index is 0.191. The molecule has 0 saturated carbocycles. The van der Waals surface area contributed by atoms with Crippen LogP contribution in [0.5, 0.6) is 0 Å². The van der Waals surface area contributed by atoms with Gasteiger partial charge < -0.3 is 10.6 Å². The number of aromatic nitrogens is 2. The standard InChI is InChI=1S/C14H22N4S/c1-10(13(15)19)8-18(2)14-11-6-4-3-5-7-12(11)16-9-17-14/h9-10H,3-8H2,1-2H3,(H2,15,19). The van der Waals surface area contributed by atoms with Gasteiger partial charge >= 0.3 is 0 Å². The van der Waals surface area contributed by atoms with Crippen LogP contribution in [-0.4, -0.2) is 28.5 Å². The monoisotopic (exact) mass is 278 g/mol. The molecule has 19 heavy (non-hydrogen) atoms. The minimum absolute atomic E-state index is 0.191. The maximum absolute atomic E-state index is 5.70. The second kappa shape index (κ2) is 6.28. The molecule has 1 aromatic rings. The van der Waals surface area contributed by atoms with Crippen molar-refractivity contribution in [1.82, 2.24) is 9.97 Å². The van der Waals surface area contributed by atoms with Crippen LogP contribution in [0.3, 0.4) is 0 Å². The summed E-state index contributed by atoms with van der Waals surface area (Å²) in [5.41, 5.74) is 8.23. The Morgan fingerprint density at radius 3 is 2.84 bits per heavy atom. The van der Waals surface area contributed by atoms with Crippen LogP contribution in [0, 0.1) is 5.92 Å². The van der Waals surface area contributed by atoms with E-state index < -0.39 is 0 Å². The molecule has 0 fully saturated rings. The molecule has 0 spiro atoms. The van der Waals surface area contributed by atoms with Gasteiger partial charge in [0, 0.05) is 30.8 Å². The summed E-state index contributed by atoms with van der Waals surface area (Å²) in [5, 5.41) is 0. The molecule has 1 aliphatic carbocycles. The van der Waals surface area contributed by atoms with Gasteiger partial charge in [0.05, 0.1) is 4.99 Å². The predicted octanol–water partition coefficient (Wildman–Crippen LogP) is 2.10. The lowest BCUT2D eigenvalue weighted by Gasteiger charge is -2.24. The number of hydrogen-bond donors (Lipinski definition) is 1. The van der Waals surface area contributed by atoms with Gasteiger partial charge in [-0.1, -0.05) is 25.6 Å². The number of fused-ring (bicyclic) bond motifs is 1. The highest BCUT2D eigenvalue weighted by Crippen LogP contribution is 2.26. The number of aryl methyl sites for hydroxylation is 1. The first kappa shape index (κ1) is 14.2. The Morgan fingerprint density at radius 1 is 1.37 bits per heavy atom. The van der Waals surface area contributed by atoms with E-state index in [0.717, 1.165) is 25.2 Å². The lowest BCUT2D eigenvalue weighted by atomic mass is 10.1. The summed E-state index contributed by atoms with van der Waals surface area (Å²) in [6, 6.07) is 0. The van der Waals surface area contributed by atoms with Crippen LogP contribution in [0.15, 0.2) is 6.33 Å². The van der Waals surface area contributed by atoms with Gasteiger partial charge in [-0.15, -0.1) is 0 Å². The van der Waals surface area contributed by atoms with Crippen molar-refractivity contribution in [2.45, 2.75) is 39.0 Å². The summed E-state index contributed by atoms with van der Waals surface area (Å²) in [4.78, 5) is 11.6. The topological polar surface area (TPSA) is 55.0 Å². The summed E-state index contributed by atoms with van der Waals surface area (Å²) in [7, 11) is 2.06. The Morgan fingerprint density at radius 2 is 2.11 bits per heavy atom. The molecule has 1 aliphatic rings. The molecule has 5 heteroatoms. The van der Waals surface area contributed by atoms with Gasteiger partial charge in [0.25, 0.3) is 0 Å². The van der Waals surface area contributed by atoms with Crippen LogP contribution in [0.1, 0.15) is 37.4 Å². The summed E-state index contributed by atoms with van der Waals surface area (Å²) in [5.74, 6) is 1.24. The van der Waals surface area contributed by atoms with Gasteiger partial charge in [0.1, 0.15) is 12.1 Å². The summed E-state index contributed by atoms with van der Waals surface area (Å²) in [6.45, 7) is 2.86. The number of nitrogens with two attached hydrogens (primary N) is 1. The lowest BCUT2D eigenvalue weighted by molar-refractivity contribution is 0.706. The number of thiocarbonyl (C=S) groups is 1. The molecule has 0 saturated heterocycles. The van der Waals surface area contributed by atoms with Crippen molar-refractivity contribution in [3.8, 4) is 0 Å². The first-order valence-corrected chi connectivity index (χ1v) is 7.33. The largest absolute Gasteiger partial charge is 0.393 e. The Hall–Kier alpha value is -1.23. The fourth-order valence-electron chi connectivity index (χ4n) is 2.60. The van der Waals surface area contributed by atoms with E-state index in [4.69, 9.17) is 18.0 Å². The average Bonchev–Trinajstić information content (AvgIpc) is 2.62. The van der Waals surface area contributed by atoms with E-state index in [0.29, 0.717) is 4.99 Å². The van der Waals surface area contributed by atoms with Gasteiger partial charge in [-0.3, -0.25) is 0 Å². The molecule has 0 amide bonds. The molecule has 4 nitrogen and oxygen atoms in total. The highest BCUT2D eigenvalue weighted by molar-refractivity contribution is 7.80. The number of rotatable bonds is 4. The molecule has 1 aromatic heterocycles. The van der Waals surface area contributed by atoms with Crippen molar-refractivity contribution in [1.29, 1.82) is 0 Å². The van der Waals surface area contributed by atoms with Gasteiger partial charge in [-0.2, -0.15) is 0 Å². The Bertz CT molecular complexity index is 461. The molecule has 1 heterocycles. The molecular formula is C14H22N4S. The van der Waals surface area contributed by atoms with Gasteiger partial charge in [-0.05, 0) is 25.7 Å². The highest BCUT2D eigenvalue weighted by Gasteiger charge is 2.18. The van der Waals surface area contributed by atoms with Crippen molar-refractivity contribution >= 4 is 23.0 Å². The molecule has 1 unspecified atom stereocenters.